The molecule has 1 atom stereocenters. The van der Waals surface area contributed by atoms with Gasteiger partial charge in [-0.2, -0.15) is 0 Å². The van der Waals surface area contributed by atoms with Gasteiger partial charge in [-0.3, -0.25) is 9.59 Å². The first-order valence-electron chi connectivity index (χ1n) is 13.4. The van der Waals surface area contributed by atoms with E-state index in [0.29, 0.717) is 42.0 Å². The maximum atomic E-state index is 14.2. The number of hydrogen-bond donors (Lipinski definition) is 1. The normalized spacial score (nSPS) is 12.1. The second-order valence-corrected chi connectivity index (χ2v) is 10.3. The van der Waals surface area contributed by atoms with Crippen LogP contribution < -0.4 is 14.8 Å². The van der Waals surface area contributed by atoms with Crippen LogP contribution in [0.2, 0.25) is 0 Å². The van der Waals surface area contributed by atoms with Gasteiger partial charge in [0.15, 0.2) is 11.5 Å². The Hall–Kier alpha value is -4.40. The van der Waals surface area contributed by atoms with Gasteiger partial charge in [0.25, 0.3) is 0 Å². The van der Waals surface area contributed by atoms with Gasteiger partial charge in [-0.25, -0.2) is 4.68 Å². The number of fused-ring (bicyclic) bond motifs is 1. The minimum atomic E-state index is -0.984. The molecule has 9 nitrogen and oxygen atoms in total. The molecular formula is C31H37N5O4. The van der Waals surface area contributed by atoms with Gasteiger partial charge in [0.05, 0.1) is 19.7 Å². The molecule has 0 bridgehead atoms. The second-order valence-electron chi connectivity index (χ2n) is 10.3. The van der Waals surface area contributed by atoms with Crippen molar-refractivity contribution in [1.82, 2.24) is 25.2 Å². The molecule has 2 amide bonds. The number of carbonyl (C=O) groups excluding carboxylic acids is 2. The quantitative estimate of drug-likeness (QED) is 0.281. The number of methoxy groups -OCH3 is 2. The SMILES string of the molecule is CCC(C)(C)NC(=O)C(c1cccc(OC)c1OC)N(CCc1ccccc1)C(=O)Cn1nnc2ccccc21. The highest BCUT2D eigenvalue weighted by molar-refractivity contribution is 5.90. The Labute approximate surface area is 235 Å². The van der Waals surface area contributed by atoms with Crippen molar-refractivity contribution in [3.8, 4) is 11.5 Å². The molecule has 1 heterocycles. The Kier molecular flexibility index (Phi) is 9.04. The average molecular weight is 544 g/mol. The summed E-state index contributed by atoms with van der Waals surface area (Å²) in [6.07, 6.45) is 1.27. The number of aromatic nitrogens is 3. The van der Waals surface area contributed by atoms with Crippen molar-refractivity contribution in [3.63, 3.8) is 0 Å². The Morgan fingerprint density at radius 3 is 2.40 bits per heavy atom. The van der Waals surface area contributed by atoms with Crippen molar-refractivity contribution in [2.45, 2.75) is 51.7 Å². The van der Waals surface area contributed by atoms with Gasteiger partial charge in [-0.05, 0) is 50.5 Å². The fraction of sp³-hybridized carbons (Fsp3) is 0.355. The minimum Gasteiger partial charge on any atom is -0.493 e. The lowest BCUT2D eigenvalue weighted by atomic mass is 9.97. The predicted molar refractivity (Wildman–Crippen MR) is 154 cm³/mol. The number of para-hydroxylation sites is 2. The summed E-state index contributed by atoms with van der Waals surface area (Å²) in [6, 6.07) is 21.7. The largest absolute Gasteiger partial charge is 0.493 e. The summed E-state index contributed by atoms with van der Waals surface area (Å²) in [5, 5.41) is 11.6. The van der Waals surface area contributed by atoms with Crippen LogP contribution in [0.25, 0.3) is 11.0 Å². The van der Waals surface area contributed by atoms with Crippen LogP contribution in [0.1, 0.15) is 44.4 Å². The van der Waals surface area contributed by atoms with E-state index >= 15 is 0 Å². The molecule has 1 aromatic heterocycles. The molecular weight excluding hydrogens is 506 g/mol. The molecule has 0 fully saturated rings. The van der Waals surface area contributed by atoms with Gasteiger partial charge in [0, 0.05) is 17.6 Å². The van der Waals surface area contributed by atoms with Crippen molar-refractivity contribution in [2.24, 2.45) is 0 Å². The minimum absolute atomic E-state index is 0.0808. The van der Waals surface area contributed by atoms with E-state index < -0.39 is 11.6 Å². The molecule has 1 unspecified atom stereocenters. The third-order valence-corrected chi connectivity index (χ3v) is 7.14. The fourth-order valence-corrected chi connectivity index (χ4v) is 4.61. The van der Waals surface area contributed by atoms with Gasteiger partial charge in [-0.15, -0.1) is 5.10 Å². The predicted octanol–water partition coefficient (Wildman–Crippen LogP) is 4.57. The van der Waals surface area contributed by atoms with Crippen LogP contribution in [-0.2, 0) is 22.6 Å². The van der Waals surface area contributed by atoms with Crippen LogP contribution in [-0.4, -0.2) is 58.0 Å². The molecule has 0 saturated carbocycles. The van der Waals surface area contributed by atoms with E-state index in [9.17, 15) is 9.59 Å². The monoisotopic (exact) mass is 543 g/mol. The number of benzene rings is 3. The molecule has 0 aliphatic rings. The van der Waals surface area contributed by atoms with Crippen molar-refractivity contribution in [1.29, 1.82) is 0 Å². The highest BCUT2D eigenvalue weighted by Gasteiger charge is 2.36. The summed E-state index contributed by atoms with van der Waals surface area (Å²) >= 11 is 0. The maximum absolute atomic E-state index is 14.2. The number of nitrogens with one attached hydrogen (secondary N) is 1. The lowest BCUT2D eigenvalue weighted by molar-refractivity contribution is -0.142. The lowest BCUT2D eigenvalue weighted by Gasteiger charge is -2.35. The number of carbonyl (C=O) groups is 2. The molecule has 1 N–H and O–H groups in total. The van der Waals surface area contributed by atoms with Gasteiger partial charge in [0.2, 0.25) is 11.8 Å². The van der Waals surface area contributed by atoms with Crippen LogP contribution >= 0.6 is 0 Å². The van der Waals surface area contributed by atoms with Crippen molar-refractivity contribution >= 4 is 22.8 Å². The molecule has 0 radical (unpaired) electrons. The van der Waals surface area contributed by atoms with Crippen molar-refractivity contribution in [2.75, 3.05) is 20.8 Å². The van der Waals surface area contributed by atoms with Gasteiger partial charge >= 0.3 is 0 Å². The van der Waals surface area contributed by atoms with Gasteiger partial charge in [0.1, 0.15) is 18.1 Å². The van der Waals surface area contributed by atoms with Crippen LogP contribution in [0.4, 0.5) is 0 Å². The Morgan fingerprint density at radius 1 is 0.975 bits per heavy atom. The number of nitrogens with zero attached hydrogens (tertiary/aromatic N) is 4. The smallest absolute Gasteiger partial charge is 0.248 e. The summed E-state index contributed by atoms with van der Waals surface area (Å²) in [6.45, 7) is 6.14. The zero-order valence-electron chi connectivity index (χ0n) is 23.8. The molecule has 4 aromatic rings. The number of amides is 2. The summed E-state index contributed by atoms with van der Waals surface area (Å²) in [5.74, 6) is 0.308. The Balaban J connectivity index is 1.80. The number of ether oxygens (including phenoxy) is 2. The van der Waals surface area contributed by atoms with Crippen molar-refractivity contribution in [3.05, 3.63) is 83.9 Å². The maximum Gasteiger partial charge on any atom is 0.248 e. The van der Waals surface area contributed by atoms with E-state index in [1.807, 2.05) is 75.4 Å². The Morgan fingerprint density at radius 2 is 1.70 bits per heavy atom. The van der Waals surface area contributed by atoms with Gasteiger partial charge in [-0.1, -0.05) is 66.7 Å². The molecule has 0 aliphatic heterocycles. The molecule has 3 aromatic carbocycles. The van der Waals surface area contributed by atoms with Crippen molar-refractivity contribution < 1.29 is 19.1 Å². The van der Waals surface area contributed by atoms with E-state index in [0.717, 1.165) is 11.1 Å². The van der Waals surface area contributed by atoms with E-state index in [1.54, 1.807) is 34.9 Å². The van der Waals surface area contributed by atoms with E-state index in [2.05, 4.69) is 15.6 Å². The van der Waals surface area contributed by atoms with Crippen LogP contribution in [0.5, 0.6) is 11.5 Å². The first kappa shape index (κ1) is 28.6. The van der Waals surface area contributed by atoms with E-state index in [4.69, 9.17) is 9.47 Å². The molecule has 210 valence electrons. The number of hydrogen-bond acceptors (Lipinski definition) is 6. The third kappa shape index (κ3) is 6.42. The van der Waals surface area contributed by atoms with E-state index in [1.165, 1.54) is 7.11 Å². The zero-order valence-corrected chi connectivity index (χ0v) is 23.8. The van der Waals surface area contributed by atoms with E-state index in [-0.39, 0.29) is 18.4 Å². The van der Waals surface area contributed by atoms with Crippen LogP contribution in [0.15, 0.2) is 72.8 Å². The summed E-state index contributed by atoms with van der Waals surface area (Å²) in [4.78, 5) is 29.9. The second kappa shape index (κ2) is 12.6. The summed E-state index contributed by atoms with van der Waals surface area (Å²) < 4.78 is 12.9. The third-order valence-electron chi connectivity index (χ3n) is 7.14. The lowest BCUT2D eigenvalue weighted by Crippen LogP contribution is -2.51. The molecule has 9 heteroatoms. The molecule has 0 spiro atoms. The highest BCUT2D eigenvalue weighted by atomic mass is 16.5. The summed E-state index contributed by atoms with van der Waals surface area (Å²) in [5.41, 5.74) is 2.54. The fourth-order valence-electron chi connectivity index (χ4n) is 4.61. The van der Waals surface area contributed by atoms with Gasteiger partial charge < -0.3 is 19.7 Å². The topological polar surface area (TPSA) is 98.6 Å². The summed E-state index contributed by atoms with van der Waals surface area (Å²) in [7, 11) is 3.08. The Bertz CT molecular complexity index is 1450. The molecule has 40 heavy (non-hydrogen) atoms. The van der Waals surface area contributed by atoms with Crippen LogP contribution in [0.3, 0.4) is 0 Å². The van der Waals surface area contributed by atoms with Crippen LogP contribution in [0, 0.1) is 0 Å². The molecule has 0 aliphatic carbocycles. The standard InChI is InChI=1S/C31H37N5O4/c1-6-31(2,3)32-30(38)28(23-15-12-18-26(39-4)29(23)40-5)35(20-19-22-13-8-7-9-14-22)27(37)21-36-25-17-11-10-16-24(25)33-34-36/h7-18,28H,6,19-21H2,1-5H3,(H,32,38). The molecule has 0 saturated heterocycles. The average Bonchev–Trinajstić information content (AvgIpc) is 3.37. The zero-order chi connectivity index (χ0) is 28.7. The highest BCUT2D eigenvalue weighted by Crippen LogP contribution is 2.38. The first-order valence-corrected chi connectivity index (χ1v) is 13.4. The molecule has 4 rings (SSSR count). The first-order chi connectivity index (χ1) is 19.3. The number of rotatable bonds is 12.